The van der Waals surface area contributed by atoms with Crippen molar-refractivity contribution in [3.8, 4) is 0 Å². The van der Waals surface area contributed by atoms with Gasteiger partial charge in [0.15, 0.2) is 0 Å². The second-order valence-corrected chi connectivity index (χ2v) is 9.26. The summed E-state index contributed by atoms with van der Waals surface area (Å²) >= 11 is 0. The van der Waals surface area contributed by atoms with Gasteiger partial charge < -0.3 is 29.3 Å². The molecule has 202 valence electrons. The van der Waals surface area contributed by atoms with Crippen molar-refractivity contribution < 1.29 is 8.83 Å². The second-order valence-electron chi connectivity index (χ2n) is 9.26. The maximum atomic E-state index is 12.5. The van der Waals surface area contributed by atoms with Gasteiger partial charge in [0.2, 0.25) is 0 Å². The molecule has 0 aliphatic rings. The topological polar surface area (TPSA) is 91.0 Å². The first-order valence-corrected chi connectivity index (χ1v) is 13.5. The van der Waals surface area contributed by atoms with Gasteiger partial charge in [-0.3, -0.25) is 0 Å². The summed E-state index contributed by atoms with van der Waals surface area (Å²) in [5.41, 5.74) is 3.83. The van der Waals surface area contributed by atoms with E-state index in [1.807, 2.05) is 36.4 Å². The van der Waals surface area contributed by atoms with Crippen LogP contribution in [-0.4, -0.2) is 39.3 Å². The molecule has 0 aliphatic heterocycles. The molecule has 0 saturated carbocycles. The molecule has 0 atom stereocenters. The second kappa shape index (κ2) is 12.8. The Kier molecular flexibility index (Phi) is 9.20. The molecule has 0 bridgehead atoms. The summed E-state index contributed by atoms with van der Waals surface area (Å²) in [5, 5.41) is 8.36. The van der Waals surface area contributed by atoms with Gasteiger partial charge in [0.1, 0.15) is 11.2 Å². The smallest absolute Gasteiger partial charge is 0.340 e. The van der Waals surface area contributed by atoms with Crippen molar-refractivity contribution in [3.05, 3.63) is 80.5 Å². The molecule has 2 heterocycles. The molecule has 4 rings (SSSR count). The van der Waals surface area contributed by atoms with Crippen LogP contribution in [0.15, 0.2) is 67.0 Å². The van der Waals surface area contributed by atoms with Gasteiger partial charge in [-0.1, -0.05) is 0 Å². The van der Waals surface area contributed by atoms with Crippen LogP contribution in [0.5, 0.6) is 0 Å². The molecule has 0 spiro atoms. The van der Waals surface area contributed by atoms with Gasteiger partial charge in [-0.15, -0.1) is 0 Å². The standard InChI is InChI=1S/C30H38N4O4/c1-5-33(6-2)25-11-9-21-15-23(29(35)37-27(21)17-25)19-31-13-14-32-20-24-16-22-10-12-26(34(7-3)8-4)18-28(22)38-30(24)36/h9-12,15-18,31-32H,5-8,13-14,19-20H2,1-4H3. The average molecular weight is 519 g/mol. The lowest BCUT2D eigenvalue weighted by Crippen LogP contribution is -2.29. The molecule has 0 saturated heterocycles. The van der Waals surface area contributed by atoms with E-state index in [0.29, 0.717) is 48.5 Å². The SMILES string of the molecule is CCN(CC)c1ccc2cc(CNCCNCc3cc4ccc(N(CC)CC)cc4oc3=O)c(=O)oc2c1. The molecule has 0 amide bonds. The molecule has 0 unspecified atom stereocenters. The van der Waals surface area contributed by atoms with Crippen molar-refractivity contribution in [2.24, 2.45) is 0 Å². The Morgan fingerprint density at radius 3 is 1.37 bits per heavy atom. The summed E-state index contributed by atoms with van der Waals surface area (Å²) in [6.07, 6.45) is 0. The van der Waals surface area contributed by atoms with Crippen LogP contribution in [0.4, 0.5) is 11.4 Å². The number of nitrogens with one attached hydrogen (secondary N) is 2. The van der Waals surface area contributed by atoms with Crippen LogP contribution in [-0.2, 0) is 13.1 Å². The molecular formula is C30H38N4O4. The van der Waals surface area contributed by atoms with E-state index in [0.717, 1.165) is 48.3 Å². The van der Waals surface area contributed by atoms with Gasteiger partial charge in [-0.25, -0.2) is 9.59 Å². The number of benzene rings is 2. The molecule has 38 heavy (non-hydrogen) atoms. The Hall–Kier alpha value is -3.62. The zero-order valence-electron chi connectivity index (χ0n) is 22.8. The lowest BCUT2D eigenvalue weighted by atomic mass is 10.1. The van der Waals surface area contributed by atoms with Gasteiger partial charge in [-0.05, 0) is 64.1 Å². The van der Waals surface area contributed by atoms with Gasteiger partial charge in [0.05, 0.1) is 11.1 Å². The van der Waals surface area contributed by atoms with E-state index in [2.05, 4.69) is 60.3 Å². The minimum absolute atomic E-state index is 0.326. The molecule has 0 fully saturated rings. The zero-order chi connectivity index (χ0) is 27.1. The lowest BCUT2D eigenvalue weighted by Gasteiger charge is -2.21. The minimum Gasteiger partial charge on any atom is -0.422 e. The highest BCUT2D eigenvalue weighted by Crippen LogP contribution is 2.23. The van der Waals surface area contributed by atoms with Crippen molar-refractivity contribution in [3.63, 3.8) is 0 Å². The normalized spacial score (nSPS) is 11.4. The third-order valence-corrected chi connectivity index (χ3v) is 6.95. The molecule has 2 aromatic carbocycles. The van der Waals surface area contributed by atoms with Crippen molar-refractivity contribution in [1.82, 2.24) is 10.6 Å². The maximum absolute atomic E-state index is 12.5. The van der Waals surface area contributed by atoms with Crippen LogP contribution < -0.4 is 31.7 Å². The van der Waals surface area contributed by atoms with Crippen LogP contribution in [0.2, 0.25) is 0 Å². The van der Waals surface area contributed by atoms with Crippen molar-refractivity contribution in [1.29, 1.82) is 0 Å². The number of nitrogens with zero attached hydrogens (tertiary/aromatic N) is 2. The van der Waals surface area contributed by atoms with Crippen molar-refractivity contribution >= 4 is 33.3 Å². The fraction of sp³-hybridized carbons (Fsp3) is 0.400. The summed E-state index contributed by atoms with van der Waals surface area (Å²) in [7, 11) is 0. The number of hydrogen-bond acceptors (Lipinski definition) is 8. The highest BCUT2D eigenvalue weighted by molar-refractivity contribution is 5.82. The van der Waals surface area contributed by atoms with Gasteiger partial charge in [0, 0.05) is 86.6 Å². The summed E-state index contributed by atoms with van der Waals surface area (Å²) in [6, 6.07) is 15.7. The first-order chi connectivity index (χ1) is 18.5. The van der Waals surface area contributed by atoms with E-state index in [1.54, 1.807) is 0 Å². The minimum atomic E-state index is -0.326. The predicted molar refractivity (Wildman–Crippen MR) is 156 cm³/mol. The van der Waals surface area contributed by atoms with E-state index in [4.69, 9.17) is 8.83 Å². The monoisotopic (exact) mass is 518 g/mol. The van der Waals surface area contributed by atoms with Crippen LogP contribution >= 0.6 is 0 Å². The first kappa shape index (κ1) is 27.4. The van der Waals surface area contributed by atoms with Gasteiger partial charge >= 0.3 is 11.3 Å². The summed E-state index contributed by atoms with van der Waals surface area (Å²) < 4.78 is 11.2. The van der Waals surface area contributed by atoms with Crippen LogP contribution in [0.25, 0.3) is 21.9 Å². The van der Waals surface area contributed by atoms with Crippen LogP contribution in [0.3, 0.4) is 0 Å². The number of rotatable bonds is 13. The largest absolute Gasteiger partial charge is 0.422 e. The number of fused-ring (bicyclic) bond motifs is 2. The molecule has 8 heteroatoms. The third-order valence-electron chi connectivity index (χ3n) is 6.95. The first-order valence-electron chi connectivity index (χ1n) is 13.5. The average Bonchev–Trinajstić information content (AvgIpc) is 2.92. The quantitative estimate of drug-likeness (QED) is 0.198. The van der Waals surface area contributed by atoms with Crippen LogP contribution in [0.1, 0.15) is 38.8 Å². The summed E-state index contributed by atoms with van der Waals surface area (Å²) in [4.78, 5) is 29.5. The highest BCUT2D eigenvalue weighted by atomic mass is 16.4. The Morgan fingerprint density at radius 1 is 0.605 bits per heavy atom. The molecule has 0 radical (unpaired) electrons. The van der Waals surface area contributed by atoms with E-state index in [9.17, 15) is 9.59 Å². The fourth-order valence-electron chi connectivity index (χ4n) is 4.73. The van der Waals surface area contributed by atoms with E-state index in [1.165, 1.54) is 0 Å². The zero-order valence-corrected chi connectivity index (χ0v) is 22.8. The number of anilines is 2. The fourth-order valence-corrected chi connectivity index (χ4v) is 4.73. The highest BCUT2D eigenvalue weighted by Gasteiger charge is 2.10. The Bertz CT molecular complexity index is 1370. The van der Waals surface area contributed by atoms with Gasteiger partial charge in [0.25, 0.3) is 0 Å². The number of hydrogen-bond donors (Lipinski definition) is 2. The summed E-state index contributed by atoms with van der Waals surface area (Å²) in [6.45, 7) is 14.1. The Labute approximate surface area is 223 Å². The Balaban J connectivity index is 1.30. The molecular weight excluding hydrogens is 480 g/mol. The maximum Gasteiger partial charge on any atom is 0.340 e. The van der Waals surface area contributed by atoms with E-state index in [-0.39, 0.29) is 11.3 Å². The van der Waals surface area contributed by atoms with E-state index >= 15 is 0 Å². The molecule has 0 aliphatic carbocycles. The third kappa shape index (κ3) is 6.26. The van der Waals surface area contributed by atoms with E-state index < -0.39 is 0 Å². The summed E-state index contributed by atoms with van der Waals surface area (Å²) in [5.74, 6) is 0. The van der Waals surface area contributed by atoms with Crippen LogP contribution in [0, 0.1) is 0 Å². The Morgan fingerprint density at radius 2 is 1.00 bits per heavy atom. The molecule has 4 aromatic rings. The predicted octanol–water partition coefficient (Wildman–Crippen LogP) is 4.47. The van der Waals surface area contributed by atoms with Crippen molar-refractivity contribution in [2.45, 2.75) is 40.8 Å². The molecule has 2 N–H and O–H groups in total. The van der Waals surface area contributed by atoms with Crippen molar-refractivity contribution in [2.75, 3.05) is 49.1 Å². The molecule has 8 nitrogen and oxygen atoms in total. The molecule has 2 aromatic heterocycles. The van der Waals surface area contributed by atoms with Gasteiger partial charge in [-0.2, -0.15) is 0 Å². The lowest BCUT2D eigenvalue weighted by molar-refractivity contribution is 0.530.